The molecule has 3 aromatic rings. The van der Waals surface area contributed by atoms with Gasteiger partial charge in [-0.05, 0) is 47.8 Å². The van der Waals surface area contributed by atoms with Gasteiger partial charge in [-0.25, -0.2) is 0 Å². The fourth-order valence-electron chi connectivity index (χ4n) is 1.90. The molecule has 0 saturated heterocycles. The van der Waals surface area contributed by atoms with Gasteiger partial charge in [-0.2, -0.15) is 11.3 Å². The minimum atomic E-state index is -0.187. The van der Waals surface area contributed by atoms with Crippen LogP contribution in [0.2, 0.25) is 0 Å². The van der Waals surface area contributed by atoms with E-state index in [0.29, 0.717) is 11.4 Å². The molecule has 0 bridgehead atoms. The number of ether oxygens (including phenoxy) is 1. The van der Waals surface area contributed by atoms with Crippen LogP contribution in [0.3, 0.4) is 0 Å². The summed E-state index contributed by atoms with van der Waals surface area (Å²) in [5, 5.41) is 14.5. The van der Waals surface area contributed by atoms with Gasteiger partial charge in [0, 0.05) is 10.9 Å². The van der Waals surface area contributed by atoms with Gasteiger partial charge in [-0.15, -0.1) is 10.2 Å². The topological polar surface area (TPSA) is 64.1 Å². The summed E-state index contributed by atoms with van der Waals surface area (Å²) in [5.41, 5.74) is 2.28. The van der Waals surface area contributed by atoms with Gasteiger partial charge in [0.2, 0.25) is 0 Å². The van der Waals surface area contributed by atoms with Crippen LogP contribution < -0.4 is 10.1 Å². The summed E-state index contributed by atoms with van der Waals surface area (Å²) >= 11 is 1.47. The van der Waals surface area contributed by atoms with Gasteiger partial charge in [0.25, 0.3) is 5.91 Å². The third-order valence-corrected chi connectivity index (χ3v) is 3.76. The van der Waals surface area contributed by atoms with Gasteiger partial charge < -0.3 is 10.1 Å². The smallest absolute Gasteiger partial charge is 0.257 e. The van der Waals surface area contributed by atoms with Gasteiger partial charge in [-0.3, -0.25) is 4.79 Å². The lowest BCUT2D eigenvalue weighted by atomic mass is 10.1. The third kappa shape index (κ3) is 3.12. The zero-order valence-corrected chi connectivity index (χ0v) is 12.6. The summed E-state index contributed by atoms with van der Waals surface area (Å²) in [6.45, 7) is 0. The molecule has 1 N–H and O–H groups in total. The average Bonchev–Trinajstić information content (AvgIpc) is 3.10. The largest absolute Gasteiger partial charge is 0.497 e. The first-order chi connectivity index (χ1) is 10.8. The van der Waals surface area contributed by atoms with E-state index in [1.54, 1.807) is 24.6 Å². The molecule has 0 aliphatic heterocycles. The van der Waals surface area contributed by atoms with Crippen molar-refractivity contribution in [2.24, 2.45) is 0 Å². The number of amides is 1. The van der Waals surface area contributed by atoms with Gasteiger partial charge in [-0.1, -0.05) is 0 Å². The number of methoxy groups -OCH3 is 1. The fourth-order valence-corrected chi connectivity index (χ4v) is 2.53. The molecule has 2 aromatic heterocycles. The lowest BCUT2D eigenvalue weighted by molar-refractivity contribution is 0.102. The Kier molecular flexibility index (Phi) is 4.11. The van der Waals surface area contributed by atoms with Crippen LogP contribution in [0, 0.1) is 0 Å². The molecular weight excluding hydrogens is 298 g/mol. The summed E-state index contributed by atoms with van der Waals surface area (Å²) in [6.07, 6.45) is 0. The van der Waals surface area contributed by atoms with Gasteiger partial charge in [0.1, 0.15) is 5.75 Å². The molecule has 0 saturated carbocycles. The monoisotopic (exact) mass is 311 g/mol. The van der Waals surface area contributed by atoms with E-state index < -0.39 is 0 Å². The van der Waals surface area contributed by atoms with E-state index in [9.17, 15) is 4.79 Å². The molecular formula is C16H13N3O2S. The second-order valence-electron chi connectivity index (χ2n) is 4.50. The van der Waals surface area contributed by atoms with Crippen LogP contribution in [0.25, 0.3) is 11.3 Å². The van der Waals surface area contributed by atoms with Crippen LogP contribution in [-0.2, 0) is 0 Å². The van der Waals surface area contributed by atoms with E-state index in [4.69, 9.17) is 4.74 Å². The van der Waals surface area contributed by atoms with Crippen molar-refractivity contribution in [1.29, 1.82) is 0 Å². The molecule has 0 unspecified atom stereocenters. The first kappa shape index (κ1) is 14.2. The Labute approximate surface area is 131 Å². The molecule has 0 fully saturated rings. The van der Waals surface area contributed by atoms with E-state index in [2.05, 4.69) is 15.5 Å². The predicted octanol–water partition coefficient (Wildman–Crippen LogP) is 3.47. The summed E-state index contributed by atoms with van der Waals surface area (Å²) in [7, 11) is 1.62. The van der Waals surface area contributed by atoms with E-state index in [1.807, 2.05) is 35.7 Å². The molecule has 0 radical (unpaired) electrons. The molecule has 0 aliphatic carbocycles. The van der Waals surface area contributed by atoms with Crippen molar-refractivity contribution < 1.29 is 9.53 Å². The number of benzene rings is 1. The van der Waals surface area contributed by atoms with Crippen molar-refractivity contribution in [3.05, 3.63) is 58.8 Å². The Morgan fingerprint density at radius 1 is 1.09 bits per heavy atom. The standard InChI is InChI=1S/C16H13N3O2S/c1-21-13-4-2-11(3-5-13)14-6-7-15(19-18-14)17-16(20)12-8-9-22-10-12/h2-10H,1H3,(H,17,19,20). The predicted molar refractivity (Wildman–Crippen MR) is 86.3 cm³/mol. The fraction of sp³-hybridized carbons (Fsp3) is 0.0625. The molecule has 0 atom stereocenters. The number of hydrogen-bond acceptors (Lipinski definition) is 5. The average molecular weight is 311 g/mol. The highest BCUT2D eigenvalue weighted by Gasteiger charge is 2.08. The van der Waals surface area contributed by atoms with Gasteiger partial charge >= 0.3 is 0 Å². The van der Waals surface area contributed by atoms with Gasteiger partial charge in [0.05, 0.1) is 18.4 Å². The van der Waals surface area contributed by atoms with Crippen molar-refractivity contribution in [2.75, 3.05) is 12.4 Å². The van der Waals surface area contributed by atoms with Crippen molar-refractivity contribution in [3.8, 4) is 17.0 Å². The SMILES string of the molecule is COc1ccc(-c2ccc(NC(=O)c3ccsc3)nn2)cc1. The summed E-state index contributed by atoms with van der Waals surface area (Å²) < 4.78 is 5.12. The Morgan fingerprint density at radius 2 is 1.91 bits per heavy atom. The molecule has 6 heteroatoms. The number of carbonyl (C=O) groups excluding carboxylic acids is 1. The number of nitrogens with one attached hydrogen (secondary N) is 1. The van der Waals surface area contributed by atoms with Crippen molar-refractivity contribution >= 4 is 23.1 Å². The van der Waals surface area contributed by atoms with E-state index in [1.165, 1.54) is 11.3 Å². The zero-order valence-electron chi connectivity index (χ0n) is 11.8. The molecule has 5 nitrogen and oxygen atoms in total. The first-order valence-corrected chi connectivity index (χ1v) is 7.52. The maximum atomic E-state index is 11.9. The molecule has 2 heterocycles. The highest BCUT2D eigenvalue weighted by atomic mass is 32.1. The number of thiophene rings is 1. The summed E-state index contributed by atoms with van der Waals surface area (Å²) in [6, 6.07) is 12.9. The number of hydrogen-bond donors (Lipinski definition) is 1. The third-order valence-electron chi connectivity index (χ3n) is 3.08. The number of carbonyl (C=O) groups is 1. The lowest BCUT2D eigenvalue weighted by Crippen LogP contribution is -2.12. The Hall–Kier alpha value is -2.73. The quantitative estimate of drug-likeness (QED) is 0.801. The van der Waals surface area contributed by atoms with E-state index in [-0.39, 0.29) is 5.91 Å². The second kappa shape index (κ2) is 6.36. The molecule has 110 valence electrons. The minimum absolute atomic E-state index is 0.187. The van der Waals surface area contributed by atoms with Crippen molar-refractivity contribution in [1.82, 2.24) is 10.2 Å². The number of nitrogens with zero attached hydrogens (tertiary/aromatic N) is 2. The van der Waals surface area contributed by atoms with E-state index >= 15 is 0 Å². The molecule has 0 spiro atoms. The molecule has 3 rings (SSSR count). The van der Waals surface area contributed by atoms with Crippen LogP contribution in [-0.4, -0.2) is 23.2 Å². The van der Waals surface area contributed by atoms with Crippen LogP contribution >= 0.6 is 11.3 Å². The highest BCUT2D eigenvalue weighted by molar-refractivity contribution is 7.08. The summed E-state index contributed by atoms with van der Waals surface area (Å²) in [4.78, 5) is 11.9. The molecule has 1 aromatic carbocycles. The maximum Gasteiger partial charge on any atom is 0.257 e. The molecule has 22 heavy (non-hydrogen) atoms. The maximum absolute atomic E-state index is 11.9. The molecule has 0 aliphatic rings. The minimum Gasteiger partial charge on any atom is -0.497 e. The van der Waals surface area contributed by atoms with Crippen LogP contribution in [0.4, 0.5) is 5.82 Å². The Morgan fingerprint density at radius 3 is 2.50 bits per heavy atom. The summed E-state index contributed by atoms with van der Waals surface area (Å²) in [5.74, 6) is 1.03. The lowest BCUT2D eigenvalue weighted by Gasteiger charge is -2.05. The zero-order chi connectivity index (χ0) is 15.4. The van der Waals surface area contributed by atoms with Crippen LogP contribution in [0.15, 0.2) is 53.2 Å². The van der Waals surface area contributed by atoms with Crippen LogP contribution in [0.5, 0.6) is 5.75 Å². The van der Waals surface area contributed by atoms with Crippen LogP contribution in [0.1, 0.15) is 10.4 Å². The van der Waals surface area contributed by atoms with Crippen molar-refractivity contribution in [3.63, 3.8) is 0 Å². The van der Waals surface area contributed by atoms with Gasteiger partial charge in [0.15, 0.2) is 5.82 Å². The normalized spacial score (nSPS) is 10.2. The number of aromatic nitrogens is 2. The van der Waals surface area contributed by atoms with Crippen molar-refractivity contribution in [2.45, 2.75) is 0 Å². The Bertz CT molecular complexity index is 753. The molecule has 1 amide bonds. The highest BCUT2D eigenvalue weighted by Crippen LogP contribution is 2.20. The first-order valence-electron chi connectivity index (χ1n) is 6.58. The second-order valence-corrected chi connectivity index (χ2v) is 5.28. The number of anilines is 1. The van der Waals surface area contributed by atoms with E-state index in [0.717, 1.165) is 17.0 Å². The Balaban J connectivity index is 1.73. The number of rotatable bonds is 4.